The molecule has 0 spiro atoms. The molecule has 5 nitrogen and oxygen atoms in total. The van der Waals surface area contributed by atoms with Crippen molar-refractivity contribution in [3.8, 4) is 0 Å². The van der Waals surface area contributed by atoms with E-state index in [4.69, 9.17) is 5.11 Å². The molecule has 174 valence electrons. The summed E-state index contributed by atoms with van der Waals surface area (Å²) in [5, 5.41) is 18.9. The summed E-state index contributed by atoms with van der Waals surface area (Å²) < 4.78 is 41.9. The molecule has 0 aromatic heterocycles. The zero-order valence-corrected chi connectivity index (χ0v) is 18.3. The van der Waals surface area contributed by atoms with Crippen molar-refractivity contribution in [2.45, 2.75) is 38.8 Å². The summed E-state index contributed by atoms with van der Waals surface area (Å²) in [6, 6.07) is 10.9. The first-order chi connectivity index (χ1) is 15.7. The van der Waals surface area contributed by atoms with Crippen molar-refractivity contribution < 1.29 is 28.2 Å². The van der Waals surface area contributed by atoms with Gasteiger partial charge in [0.05, 0.1) is 11.7 Å². The van der Waals surface area contributed by atoms with Crippen molar-refractivity contribution in [1.29, 1.82) is 0 Å². The average molecular weight is 458 g/mol. The third-order valence-electron chi connectivity index (χ3n) is 5.20. The Labute approximate surface area is 190 Å². The number of carboxylic acid groups (broad SMARTS) is 1. The molecule has 0 saturated carbocycles. The SMILES string of the molecule is CC(C)C1=NC(c2ccc(F)cc2)=CC(c2ccc(F)cc2)N1/C=C(\F)[C@@H](O)CCC(=O)O. The zero-order valence-electron chi connectivity index (χ0n) is 18.3. The Hall–Kier alpha value is -3.39. The lowest BCUT2D eigenvalue weighted by Crippen LogP contribution is -2.36. The average Bonchev–Trinajstić information content (AvgIpc) is 2.78. The molecule has 1 aliphatic rings. The largest absolute Gasteiger partial charge is 0.481 e. The van der Waals surface area contributed by atoms with Crippen LogP contribution in [0.4, 0.5) is 13.2 Å². The summed E-state index contributed by atoms with van der Waals surface area (Å²) in [6.45, 7) is 3.74. The van der Waals surface area contributed by atoms with Gasteiger partial charge in [0, 0.05) is 24.1 Å². The monoisotopic (exact) mass is 458 g/mol. The van der Waals surface area contributed by atoms with E-state index in [0.29, 0.717) is 22.7 Å². The first-order valence-electron chi connectivity index (χ1n) is 10.5. The van der Waals surface area contributed by atoms with Crippen LogP contribution in [0.2, 0.25) is 0 Å². The van der Waals surface area contributed by atoms with Crippen LogP contribution in [0, 0.1) is 17.6 Å². The van der Waals surface area contributed by atoms with Crippen LogP contribution < -0.4 is 0 Å². The predicted octanol–water partition coefficient (Wildman–Crippen LogP) is 5.45. The fraction of sp³-hybridized carbons (Fsp3) is 0.280. The van der Waals surface area contributed by atoms with Gasteiger partial charge in [0.2, 0.25) is 0 Å². The maximum atomic E-state index is 14.9. The molecule has 2 aromatic carbocycles. The highest BCUT2D eigenvalue weighted by atomic mass is 19.1. The highest BCUT2D eigenvalue weighted by Gasteiger charge is 2.29. The van der Waals surface area contributed by atoms with Gasteiger partial charge in [0.25, 0.3) is 0 Å². The van der Waals surface area contributed by atoms with Gasteiger partial charge >= 0.3 is 5.97 Å². The number of aliphatic hydroxyl groups is 1. The van der Waals surface area contributed by atoms with Crippen LogP contribution in [-0.4, -0.2) is 33.0 Å². The molecule has 3 rings (SSSR count). The van der Waals surface area contributed by atoms with Crippen molar-refractivity contribution >= 4 is 17.5 Å². The standard InChI is InChI=1S/C25H25F3N2O3/c1-15(2)25-29-21(16-3-7-18(26)8-4-16)13-22(17-5-9-19(27)10-6-17)30(25)14-20(28)23(31)11-12-24(32)33/h3-10,13-15,22-23,31H,11-12H2,1-2H3,(H,32,33)/b20-14-/t22?,23-/m0/s1. The van der Waals surface area contributed by atoms with Gasteiger partial charge in [0.15, 0.2) is 0 Å². The number of rotatable bonds is 8. The number of nitrogens with zero attached hydrogens (tertiary/aromatic N) is 2. The molecule has 8 heteroatoms. The van der Waals surface area contributed by atoms with Crippen LogP contribution in [0.25, 0.3) is 5.70 Å². The molecule has 2 aromatic rings. The van der Waals surface area contributed by atoms with Gasteiger partial charge in [0.1, 0.15) is 29.4 Å². The smallest absolute Gasteiger partial charge is 0.303 e. The lowest BCUT2D eigenvalue weighted by Gasteiger charge is -2.36. The van der Waals surface area contributed by atoms with Gasteiger partial charge in [-0.05, 0) is 54.5 Å². The number of aliphatic imine (C=N–C) groups is 1. The van der Waals surface area contributed by atoms with Crippen molar-refractivity contribution in [2.24, 2.45) is 10.9 Å². The number of benzene rings is 2. The van der Waals surface area contributed by atoms with E-state index >= 15 is 0 Å². The van der Waals surface area contributed by atoms with Crippen LogP contribution in [0.15, 0.2) is 71.6 Å². The summed E-state index contributed by atoms with van der Waals surface area (Å²) in [5.74, 6) is -2.55. The summed E-state index contributed by atoms with van der Waals surface area (Å²) in [7, 11) is 0. The number of hydrogen-bond acceptors (Lipinski definition) is 4. The molecule has 1 aliphatic heterocycles. The van der Waals surface area contributed by atoms with Crippen molar-refractivity contribution in [1.82, 2.24) is 4.90 Å². The summed E-state index contributed by atoms with van der Waals surface area (Å²) in [4.78, 5) is 17.0. The van der Waals surface area contributed by atoms with E-state index in [1.165, 1.54) is 24.3 Å². The number of halogens is 3. The first-order valence-corrected chi connectivity index (χ1v) is 10.5. The Balaban J connectivity index is 2.07. The summed E-state index contributed by atoms with van der Waals surface area (Å²) >= 11 is 0. The number of amidine groups is 1. The van der Waals surface area contributed by atoms with E-state index in [1.54, 1.807) is 35.2 Å². The molecule has 0 fully saturated rings. The fourth-order valence-electron chi connectivity index (χ4n) is 3.48. The van der Waals surface area contributed by atoms with Crippen LogP contribution in [0.5, 0.6) is 0 Å². The Morgan fingerprint density at radius 3 is 2.21 bits per heavy atom. The third kappa shape index (κ3) is 6.10. The molecule has 1 heterocycles. The normalized spacial score (nSPS) is 17.6. The number of hydrogen-bond donors (Lipinski definition) is 2. The van der Waals surface area contributed by atoms with E-state index < -0.39 is 29.8 Å². The number of carboxylic acids is 1. The lowest BCUT2D eigenvalue weighted by molar-refractivity contribution is -0.137. The molecule has 33 heavy (non-hydrogen) atoms. The van der Waals surface area contributed by atoms with Crippen molar-refractivity contribution in [3.05, 3.63) is 89.4 Å². The van der Waals surface area contributed by atoms with E-state index in [0.717, 1.165) is 6.20 Å². The van der Waals surface area contributed by atoms with Gasteiger partial charge in [-0.15, -0.1) is 0 Å². The van der Waals surface area contributed by atoms with Gasteiger partial charge in [-0.3, -0.25) is 4.79 Å². The number of carbonyl (C=O) groups is 1. The van der Waals surface area contributed by atoms with E-state index in [1.807, 2.05) is 13.8 Å². The van der Waals surface area contributed by atoms with E-state index in [9.17, 15) is 23.1 Å². The Morgan fingerprint density at radius 2 is 1.67 bits per heavy atom. The maximum Gasteiger partial charge on any atom is 0.303 e. The summed E-state index contributed by atoms with van der Waals surface area (Å²) in [6.07, 6.45) is 0.601. The van der Waals surface area contributed by atoms with E-state index in [-0.39, 0.29) is 24.6 Å². The minimum atomic E-state index is -1.59. The number of aliphatic carboxylic acids is 1. The van der Waals surface area contributed by atoms with Crippen LogP contribution in [0.3, 0.4) is 0 Å². The molecule has 0 bridgehead atoms. The molecule has 0 radical (unpaired) electrons. The molecule has 0 saturated heterocycles. The molecule has 0 amide bonds. The Kier molecular flexibility index (Phi) is 7.71. The maximum absolute atomic E-state index is 14.9. The zero-order chi connectivity index (χ0) is 24.1. The quantitative estimate of drug-likeness (QED) is 0.552. The molecule has 2 atom stereocenters. The topological polar surface area (TPSA) is 73.1 Å². The van der Waals surface area contributed by atoms with Gasteiger partial charge in [-0.2, -0.15) is 0 Å². The van der Waals surface area contributed by atoms with Gasteiger partial charge in [-0.25, -0.2) is 18.2 Å². The third-order valence-corrected chi connectivity index (χ3v) is 5.20. The fourth-order valence-corrected chi connectivity index (χ4v) is 3.48. The molecule has 2 N–H and O–H groups in total. The highest BCUT2D eigenvalue weighted by molar-refractivity contribution is 5.93. The second-order valence-electron chi connectivity index (χ2n) is 8.05. The van der Waals surface area contributed by atoms with Crippen LogP contribution >= 0.6 is 0 Å². The van der Waals surface area contributed by atoms with Crippen molar-refractivity contribution in [2.75, 3.05) is 0 Å². The highest BCUT2D eigenvalue weighted by Crippen LogP contribution is 2.35. The number of aliphatic hydroxyl groups excluding tert-OH is 1. The lowest BCUT2D eigenvalue weighted by atomic mass is 9.97. The molecule has 0 aliphatic carbocycles. The summed E-state index contributed by atoms with van der Waals surface area (Å²) in [5.41, 5.74) is 1.85. The van der Waals surface area contributed by atoms with Gasteiger partial charge in [-0.1, -0.05) is 26.0 Å². The van der Waals surface area contributed by atoms with Crippen LogP contribution in [-0.2, 0) is 4.79 Å². The van der Waals surface area contributed by atoms with E-state index in [2.05, 4.69) is 4.99 Å². The second-order valence-corrected chi connectivity index (χ2v) is 8.05. The Morgan fingerprint density at radius 1 is 1.09 bits per heavy atom. The second kappa shape index (κ2) is 10.5. The van der Waals surface area contributed by atoms with Crippen LogP contribution in [0.1, 0.15) is 43.9 Å². The molecular formula is C25H25F3N2O3. The first kappa shape index (κ1) is 24.3. The minimum Gasteiger partial charge on any atom is -0.481 e. The predicted molar refractivity (Wildman–Crippen MR) is 120 cm³/mol. The molecular weight excluding hydrogens is 433 g/mol. The van der Waals surface area contributed by atoms with Crippen molar-refractivity contribution in [3.63, 3.8) is 0 Å². The molecule has 1 unspecified atom stereocenters. The van der Waals surface area contributed by atoms with Gasteiger partial charge < -0.3 is 15.1 Å². The Bertz CT molecular complexity index is 1080. The minimum absolute atomic E-state index is 0.169.